The van der Waals surface area contributed by atoms with Gasteiger partial charge in [0.1, 0.15) is 0 Å². The molecule has 1 aromatic heterocycles. The van der Waals surface area contributed by atoms with Crippen LogP contribution in [0.5, 0.6) is 11.5 Å². The van der Waals surface area contributed by atoms with Crippen LogP contribution in [-0.4, -0.2) is 40.5 Å². The highest BCUT2D eigenvalue weighted by Crippen LogP contribution is 2.31. The van der Waals surface area contributed by atoms with Gasteiger partial charge in [-0.05, 0) is 43.2 Å². The summed E-state index contributed by atoms with van der Waals surface area (Å²) in [6.07, 6.45) is 2.05. The number of nitrogens with one attached hydrogen (secondary N) is 1. The largest absolute Gasteiger partial charge is 0.493 e. The SMILES string of the molecule is CCCOc1ccc(C(CC(=O)O)NC(=O)c2cnn(-c3ccccc3)c2C)cc1OC. The highest BCUT2D eigenvalue weighted by atomic mass is 16.5. The molecular weight excluding hydrogens is 410 g/mol. The van der Waals surface area contributed by atoms with Crippen LogP contribution in [0.3, 0.4) is 0 Å². The molecule has 8 heteroatoms. The minimum atomic E-state index is -1.03. The number of rotatable bonds is 10. The van der Waals surface area contributed by atoms with Crippen molar-refractivity contribution >= 4 is 11.9 Å². The van der Waals surface area contributed by atoms with Crippen LogP contribution in [0.4, 0.5) is 0 Å². The third kappa shape index (κ3) is 5.26. The number of hydrogen-bond donors (Lipinski definition) is 2. The predicted molar refractivity (Wildman–Crippen MR) is 120 cm³/mol. The molecule has 1 heterocycles. The Labute approximate surface area is 186 Å². The molecule has 0 fully saturated rings. The molecule has 0 aliphatic rings. The van der Waals surface area contributed by atoms with Crippen molar-refractivity contribution in [2.45, 2.75) is 32.7 Å². The number of aliphatic carboxylic acids is 1. The van der Waals surface area contributed by atoms with E-state index >= 15 is 0 Å². The summed E-state index contributed by atoms with van der Waals surface area (Å²) in [6.45, 7) is 4.33. The first-order valence-corrected chi connectivity index (χ1v) is 10.4. The van der Waals surface area contributed by atoms with Gasteiger partial charge in [-0.15, -0.1) is 0 Å². The Morgan fingerprint density at radius 1 is 1.16 bits per heavy atom. The number of hydrogen-bond acceptors (Lipinski definition) is 5. The van der Waals surface area contributed by atoms with E-state index in [9.17, 15) is 14.7 Å². The second kappa shape index (κ2) is 10.5. The molecule has 32 heavy (non-hydrogen) atoms. The molecule has 3 rings (SSSR count). The second-order valence-corrected chi connectivity index (χ2v) is 7.27. The summed E-state index contributed by atoms with van der Waals surface area (Å²) in [6, 6.07) is 13.9. The summed E-state index contributed by atoms with van der Waals surface area (Å²) in [5.74, 6) is -0.384. The molecule has 2 N–H and O–H groups in total. The summed E-state index contributed by atoms with van der Waals surface area (Å²) >= 11 is 0. The molecular formula is C24H27N3O5. The average molecular weight is 437 g/mol. The third-order valence-corrected chi connectivity index (χ3v) is 4.99. The van der Waals surface area contributed by atoms with Crippen LogP contribution < -0.4 is 14.8 Å². The van der Waals surface area contributed by atoms with Crippen molar-refractivity contribution in [3.63, 3.8) is 0 Å². The second-order valence-electron chi connectivity index (χ2n) is 7.27. The molecule has 0 aliphatic carbocycles. The van der Waals surface area contributed by atoms with E-state index in [1.807, 2.05) is 37.3 Å². The molecule has 168 valence electrons. The van der Waals surface area contributed by atoms with E-state index in [4.69, 9.17) is 9.47 Å². The molecule has 1 atom stereocenters. The standard InChI is InChI=1S/C24H27N3O5/c1-4-12-32-21-11-10-17(13-22(21)31-3)20(14-23(28)29)26-24(30)19-15-25-27(16(19)2)18-8-6-5-7-9-18/h5-11,13,15,20H,4,12,14H2,1-3H3,(H,26,30)(H,28,29). The summed E-state index contributed by atoms with van der Waals surface area (Å²) in [5, 5.41) is 16.6. The molecule has 1 unspecified atom stereocenters. The Hall–Kier alpha value is -3.81. The van der Waals surface area contributed by atoms with Gasteiger partial charge in [-0.25, -0.2) is 4.68 Å². The third-order valence-electron chi connectivity index (χ3n) is 4.99. The zero-order valence-corrected chi connectivity index (χ0v) is 18.4. The minimum Gasteiger partial charge on any atom is -0.493 e. The lowest BCUT2D eigenvalue weighted by Gasteiger charge is -2.19. The fraction of sp³-hybridized carbons (Fsp3) is 0.292. The summed E-state index contributed by atoms with van der Waals surface area (Å²) in [4.78, 5) is 24.5. The van der Waals surface area contributed by atoms with E-state index in [1.165, 1.54) is 13.3 Å². The van der Waals surface area contributed by atoms with E-state index in [0.29, 0.717) is 34.9 Å². The lowest BCUT2D eigenvalue weighted by atomic mass is 10.0. The number of carbonyl (C=O) groups is 2. The molecule has 2 aromatic carbocycles. The van der Waals surface area contributed by atoms with Crippen molar-refractivity contribution in [1.29, 1.82) is 0 Å². The van der Waals surface area contributed by atoms with Crippen LogP contribution in [0, 0.1) is 6.92 Å². The van der Waals surface area contributed by atoms with Gasteiger partial charge in [-0.1, -0.05) is 31.2 Å². The monoisotopic (exact) mass is 437 g/mol. The summed E-state index contributed by atoms with van der Waals surface area (Å²) in [5.41, 5.74) is 2.47. The molecule has 0 aliphatic heterocycles. The van der Waals surface area contributed by atoms with Crippen molar-refractivity contribution in [3.05, 3.63) is 71.5 Å². The molecule has 0 saturated carbocycles. The van der Waals surface area contributed by atoms with Gasteiger partial charge in [0, 0.05) is 0 Å². The molecule has 0 radical (unpaired) electrons. The number of ether oxygens (including phenoxy) is 2. The van der Waals surface area contributed by atoms with Gasteiger partial charge in [-0.2, -0.15) is 5.10 Å². The van der Waals surface area contributed by atoms with Gasteiger partial charge in [0.25, 0.3) is 5.91 Å². The molecule has 0 saturated heterocycles. The lowest BCUT2D eigenvalue weighted by molar-refractivity contribution is -0.137. The van der Waals surface area contributed by atoms with E-state index < -0.39 is 17.9 Å². The number of methoxy groups -OCH3 is 1. The molecule has 3 aromatic rings. The first-order chi connectivity index (χ1) is 15.4. The van der Waals surface area contributed by atoms with Crippen molar-refractivity contribution < 1.29 is 24.2 Å². The van der Waals surface area contributed by atoms with Crippen LogP contribution in [0.25, 0.3) is 5.69 Å². The zero-order chi connectivity index (χ0) is 23.1. The quantitative estimate of drug-likeness (QED) is 0.498. The molecule has 1 amide bonds. The Kier molecular flexibility index (Phi) is 7.49. The number of carboxylic acid groups (broad SMARTS) is 1. The minimum absolute atomic E-state index is 0.282. The normalized spacial score (nSPS) is 11.6. The Morgan fingerprint density at radius 3 is 2.56 bits per heavy atom. The van der Waals surface area contributed by atoms with Crippen LogP contribution >= 0.6 is 0 Å². The first-order valence-electron chi connectivity index (χ1n) is 10.4. The van der Waals surface area contributed by atoms with E-state index in [0.717, 1.165) is 12.1 Å². The highest BCUT2D eigenvalue weighted by molar-refractivity contribution is 5.95. The van der Waals surface area contributed by atoms with Gasteiger partial charge in [-0.3, -0.25) is 9.59 Å². The number of carbonyl (C=O) groups excluding carboxylic acids is 1. The van der Waals surface area contributed by atoms with Crippen LogP contribution in [0.15, 0.2) is 54.7 Å². The molecule has 8 nitrogen and oxygen atoms in total. The van der Waals surface area contributed by atoms with Crippen molar-refractivity contribution in [1.82, 2.24) is 15.1 Å². The Bertz CT molecular complexity index is 1080. The number of benzene rings is 2. The average Bonchev–Trinajstić information content (AvgIpc) is 3.18. The van der Waals surface area contributed by atoms with Gasteiger partial charge in [0.05, 0.1) is 49.3 Å². The summed E-state index contributed by atoms with van der Waals surface area (Å²) in [7, 11) is 1.52. The van der Waals surface area contributed by atoms with E-state index in [2.05, 4.69) is 10.4 Å². The Morgan fingerprint density at radius 2 is 1.91 bits per heavy atom. The van der Waals surface area contributed by atoms with Gasteiger partial charge < -0.3 is 19.9 Å². The Balaban J connectivity index is 1.86. The number of aromatic nitrogens is 2. The smallest absolute Gasteiger partial charge is 0.305 e. The fourth-order valence-corrected chi connectivity index (χ4v) is 3.36. The maximum atomic E-state index is 13.0. The van der Waals surface area contributed by atoms with Crippen LogP contribution in [0.1, 0.15) is 47.4 Å². The van der Waals surface area contributed by atoms with Crippen molar-refractivity contribution in [2.24, 2.45) is 0 Å². The number of nitrogens with zero attached hydrogens (tertiary/aromatic N) is 2. The van der Waals surface area contributed by atoms with Gasteiger partial charge in [0.15, 0.2) is 11.5 Å². The van der Waals surface area contributed by atoms with Gasteiger partial charge in [0.2, 0.25) is 0 Å². The van der Waals surface area contributed by atoms with Crippen molar-refractivity contribution in [3.8, 4) is 17.2 Å². The number of carboxylic acids is 1. The van der Waals surface area contributed by atoms with Crippen LogP contribution in [0.2, 0.25) is 0 Å². The lowest BCUT2D eigenvalue weighted by Crippen LogP contribution is -2.30. The first kappa shape index (κ1) is 22.9. The maximum absolute atomic E-state index is 13.0. The fourth-order valence-electron chi connectivity index (χ4n) is 3.36. The van der Waals surface area contributed by atoms with Crippen LogP contribution in [-0.2, 0) is 4.79 Å². The maximum Gasteiger partial charge on any atom is 0.305 e. The molecule has 0 bridgehead atoms. The number of para-hydroxylation sites is 1. The predicted octanol–water partition coefficient (Wildman–Crippen LogP) is 3.92. The highest BCUT2D eigenvalue weighted by Gasteiger charge is 2.23. The van der Waals surface area contributed by atoms with E-state index in [1.54, 1.807) is 29.8 Å². The topological polar surface area (TPSA) is 103 Å². The zero-order valence-electron chi connectivity index (χ0n) is 18.4. The number of amides is 1. The van der Waals surface area contributed by atoms with E-state index in [-0.39, 0.29) is 6.42 Å². The van der Waals surface area contributed by atoms with Crippen molar-refractivity contribution in [2.75, 3.05) is 13.7 Å². The molecule has 0 spiro atoms. The summed E-state index contributed by atoms with van der Waals surface area (Å²) < 4.78 is 12.7. The van der Waals surface area contributed by atoms with Gasteiger partial charge >= 0.3 is 5.97 Å².